The number of rotatable bonds is 7. The molecular weight excluding hydrogens is 486 g/mol. The first-order chi connectivity index (χ1) is 14.1. The van der Waals surface area contributed by atoms with Crippen molar-refractivity contribution < 1.29 is 9.21 Å². The van der Waals surface area contributed by atoms with E-state index in [2.05, 4.69) is 34.7 Å². The van der Waals surface area contributed by atoms with Gasteiger partial charge in [0.1, 0.15) is 5.58 Å². The van der Waals surface area contributed by atoms with Crippen LogP contribution in [0.4, 0.5) is 5.13 Å². The van der Waals surface area contributed by atoms with Crippen molar-refractivity contribution in [1.82, 2.24) is 9.88 Å². The normalized spacial score (nSPS) is 11.2. The lowest BCUT2D eigenvalue weighted by Gasteiger charge is -2.24. The molecule has 0 radical (unpaired) electrons. The summed E-state index contributed by atoms with van der Waals surface area (Å²) in [6, 6.07) is 15.4. The molecule has 8 heteroatoms. The summed E-state index contributed by atoms with van der Waals surface area (Å²) in [4.78, 5) is 22.2. The molecule has 30 heavy (non-hydrogen) atoms. The highest BCUT2D eigenvalue weighted by Gasteiger charge is 2.24. The van der Waals surface area contributed by atoms with Gasteiger partial charge >= 0.3 is 0 Å². The minimum atomic E-state index is -0.161. The van der Waals surface area contributed by atoms with E-state index >= 15 is 0 Å². The molecule has 4 rings (SSSR count). The second-order valence-corrected chi connectivity index (χ2v) is 8.67. The first-order valence-corrected chi connectivity index (χ1v) is 11.3. The molecule has 5 nitrogen and oxygen atoms in total. The highest BCUT2D eigenvalue weighted by Crippen LogP contribution is 2.32. The number of hydrogen-bond acceptors (Lipinski definition) is 5. The lowest BCUT2D eigenvalue weighted by molar-refractivity contribution is 0.0959. The van der Waals surface area contributed by atoms with E-state index in [-0.39, 0.29) is 18.3 Å². The topological polar surface area (TPSA) is 49.6 Å². The number of thiazole rings is 1. The summed E-state index contributed by atoms with van der Waals surface area (Å²) in [5.41, 5.74) is 1.60. The standard InChI is InChI=1S/C22H22BrN3O2S.ClH/c1-3-25(4-2)11-12-26(22-24-17-10-9-16(23)14-20(17)29-22)21(27)19-13-15-7-5-6-8-18(15)28-19;/h5-10,13-14H,3-4,11-12H2,1-2H3;1H. The number of benzene rings is 2. The van der Waals surface area contributed by atoms with Gasteiger partial charge in [-0.05, 0) is 43.4 Å². The second-order valence-electron chi connectivity index (χ2n) is 6.74. The number of nitrogens with zero attached hydrogens (tertiary/aromatic N) is 3. The third-order valence-electron chi connectivity index (χ3n) is 4.99. The summed E-state index contributed by atoms with van der Waals surface area (Å²) in [6.45, 7) is 7.47. The summed E-state index contributed by atoms with van der Waals surface area (Å²) in [6.07, 6.45) is 0. The molecule has 2 heterocycles. The zero-order chi connectivity index (χ0) is 20.4. The molecule has 0 unspecified atom stereocenters. The number of aromatic nitrogens is 1. The molecule has 0 bridgehead atoms. The Bertz CT molecular complexity index is 1120. The number of carbonyl (C=O) groups is 1. The van der Waals surface area contributed by atoms with Gasteiger partial charge in [-0.2, -0.15) is 0 Å². The first kappa shape index (κ1) is 22.7. The smallest absolute Gasteiger partial charge is 0.295 e. The SMILES string of the molecule is CCN(CC)CCN(C(=O)c1cc2ccccc2o1)c1nc2ccc(Br)cc2s1.Cl. The Kier molecular flexibility index (Phi) is 7.52. The molecule has 0 atom stereocenters. The molecule has 2 aromatic heterocycles. The maximum Gasteiger partial charge on any atom is 0.295 e. The molecule has 0 saturated carbocycles. The molecule has 0 saturated heterocycles. The van der Waals surface area contributed by atoms with Crippen molar-refractivity contribution >= 4 is 71.9 Å². The molecule has 0 aliphatic rings. The lowest BCUT2D eigenvalue weighted by atomic mass is 10.2. The van der Waals surface area contributed by atoms with E-state index in [1.54, 1.807) is 4.90 Å². The molecule has 0 fully saturated rings. The van der Waals surface area contributed by atoms with Crippen molar-refractivity contribution in [2.75, 3.05) is 31.1 Å². The van der Waals surface area contributed by atoms with E-state index in [4.69, 9.17) is 9.40 Å². The van der Waals surface area contributed by atoms with Gasteiger partial charge in [0.15, 0.2) is 10.9 Å². The second kappa shape index (κ2) is 9.92. The van der Waals surface area contributed by atoms with Crippen LogP contribution in [0.1, 0.15) is 24.4 Å². The van der Waals surface area contributed by atoms with Crippen LogP contribution >= 0.6 is 39.7 Å². The molecule has 4 aromatic rings. The molecule has 0 aliphatic heterocycles. The number of fused-ring (bicyclic) bond motifs is 2. The first-order valence-electron chi connectivity index (χ1n) is 9.68. The number of likely N-dealkylation sites (N-methyl/N-ethyl adjacent to an activating group) is 1. The number of amides is 1. The van der Waals surface area contributed by atoms with Crippen LogP contribution in [0.5, 0.6) is 0 Å². The Hall–Kier alpha value is -1.93. The Morgan fingerprint density at radius 2 is 1.87 bits per heavy atom. The predicted molar refractivity (Wildman–Crippen MR) is 130 cm³/mol. The van der Waals surface area contributed by atoms with E-state index in [1.807, 2.05) is 48.5 Å². The van der Waals surface area contributed by atoms with Crippen molar-refractivity contribution in [2.45, 2.75) is 13.8 Å². The molecule has 0 aliphatic carbocycles. The van der Waals surface area contributed by atoms with Crippen molar-refractivity contribution in [3.63, 3.8) is 0 Å². The minimum absolute atomic E-state index is 0. The Morgan fingerprint density at radius 1 is 1.10 bits per heavy atom. The molecule has 0 N–H and O–H groups in total. The average molecular weight is 509 g/mol. The fraction of sp³-hybridized carbons (Fsp3) is 0.273. The molecule has 2 aromatic carbocycles. The number of para-hydroxylation sites is 1. The Morgan fingerprint density at radius 3 is 2.60 bits per heavy atom. The quantitative estimate of drug-likeness (QED) is 0.297. The largest absolute Gasteiger partial charge is 0.451 e. The zero-order valence-corrected chi connectivity index (χ0v) is 20.0. The lowest BCUT2D eigenvalue weighted by Crippen LogP contribution is -2.38. The van der Waals surface area contributed by atoms with Gasteiger partial charge in [-0.15, -0.1) is 12.4 Å². The number of hydrogen-bond donors (Lipinski definition) is 0. The van der Waals surface area contributed by atoms with E-state index in [0.29, 0.717) is 23.0 Å². The molecule has 1 amide bonds. The fourth-order valence-electron chi connectivity index (χ4n) is 3.29. The summed E-state index contributed by atoms with van der Waals surface area (Å²) in [5.74, 6) is 0.178. The van der Waals surface area contributed by atoms with Gasteiger partial charge < -0.3 is 9.32 Å². The Balaban J connectivity index is 0.00000256. The van der Waals surface area contributed by atoms with E-state index in [9.17, 15) is 4.79 Å². The van der Waals surface area contributed by atoms with Crippen molar-refractivity contribution in [1.29, 1.82) is 0 Å². The monoisotopic (exact) mass is 507 g/mol. The fourth-order valence-corrected chi connectivity index (χ4v) is 4.83. The van der Waals surface area contributed by atoms with Crippen LogP contribution < -0.4 is 4.90 Å². The predicted octanol–water partition coefficient (Wildman–Crippen LogP) is 6.22. The summed E-state index contributed by atoms with van der Waals surface area (Å²) >= 11 is 5.03. The van der Waals surface area contributed by atoms with Crippen LogP contribution in [0.25, 0.3) is 21.2 Å². The number of halogens is 2. The summed E-state index contributed by atoms with van der Waals surface area (Å²) in [7, 11) is 0. The van der Waals surface area contributed by atoms with Gasteiger partial charge in [0.2, 0.25) is 0 Å². The minimum Gasteiger partial charge on any atom is -0.451 e. The molecule has 158 valence electrons. The van der Waals surface area contributed by atoms with Crippen molar-refractivity contribution in [3.05, 3.63) is 58.8 Å². The zero-order valence-electron chi connectivity index (χ0n) is 16.8. The van der Waals surface area contributed by atoms with Crippen LogP contribution in [0.15, 0.2) is 57.4 Å². The number of anilines is 1. The van der Waals surface area contributed by atoms with Gasteiger partial charge in [-0.3, -0.25) is 9.69 Å². The van der Waals surface area contributed by atoms with Crippen LogP contribution in [0, 0.1) is 0 Å². The highest BCUT2D eigenvalue weighted by molar-refractivity contribution is 9.10. The van der Waals surface area contributed by atoms with E-state index < -0.39 is 0 Å². The van der Waals surface area contributed by atoms with Gasteiger partial charge in [0.25, 0.3) is 5.91 Å². The maximum atomic E-state index is 13.4. The van der Waals surface area contributed by atoms with Crippen LogP contribution in [0.3, 0.4) is 0 Å². The average Bonchev–Trinajstić information content (AvgIpc) is 3.34. The van der Waals surface area contributed by atoms with Gasteiger partial charge in [-0.25, -0.2) is 4.98 Å². The molecular formula is C22H23BrClN3O2S. The number of furan rings is 1. The van der Waals surface area contributed by atoms with E-state index in [1.165, 1.54) is 11.3 Å². The van der Waals surface area contributed by atoms with Crippen LogP contribution in [0.2, 0.25) is 0 Å². The van der Waals surface area contributed by atoms with Crippen LogP contribution in [-0.4, -0.2) is 42.0 Å². The Labute approximate surface area is 194 Å². The van der Waals surface area contributed by atoms with Gasteiger partial charge in [-0.1, -0.05) is 59.3 Å². The van der Waals surface area contributed by atoms with Crippen molar-refractivity contribution in [3.8, 4) is 0 Å². The van der Waals surface area contributed by atoms with Crippen molar-refractivity contribution in [2.24, 2.45) is 0 Å². The van der Waals surface area contributed by atoms with Gasteiger partial charge in [0, 0.05) is 22.9 Å². The summed E-state index contributed by atoms with van der Waals surface area (Å²) in [5, 5.41) is 1.61. The third-order valence-corrected chi connectivity index (χ3v) is 6.52. The molecule has 0 spiro atoms. The number of carbonyl (C=O) groups excluding carboxylic acids is 1. The summed E-state index contributed by atoms with van der Waals surface area (Å²) < 4.78 is 7.89. The highest BCUT2D eigenvalue weighted by atomic mass is 79.9. The van der Waals surface area contributed by atoms with E-state index in [0.717, 1.165) is 39.7 Å². The van der Waals surface area contributed by atoms with Crippen LogP contribution in [-0.2, 0) is 0 Å². The maximum absolute atomic E-state index is 13.4. The van der Waals surface area contributed by atoms with Gasteiger partial charge in [0.05, 0.1) is 10.2 Å². The third kappa shape index (κ3) is 4.70.